The third-order valence-electron chi connectivity index (χ3n) is 3.26. The lowest BCUT2D eigenvalue weighted by atomic mass is 10.1. The van der Waals surface area contributed by atoms with Crippen molar-refractivity contribution in [2.24, 2.45) is 0 Å². The third-order valence-corrected chi connectivity index (χ3v) is 6.10. The van der Waals surface area contributed by atoms with E-state index in [4.69, 9.17) is 5.73 Å². The Hall–Kier alpha value is -1.07. The molecule has 3 rings (SSSR count). The first-order valence-electron chi connectivity index (χ1n) is 6.40. The molecule has 0 amide bonds. The van der Waals surface area contributed by atoms with E-state index in [2.05, 4.69) is 39.9 Å². The van der Waals surface area contributed by atoms with E-state index < -0.39 is 0 Å². The van der Waals surface area contributed by atoms with Crippen LogP contribution in [0, 0.1) is 0 Å². The summed E-state index contributed by atoms with van der Waals surface area (Å²) in [6.45, 7) is 1.01. The molecule has 0 aliphatic carbocycles. The molecule has 0 spiro atoms. The highest BCUT2D eigenvalue weighted by Gasteiger charge is 2.14. The summed E-state index contributed by atoms with van der Waals surface area (Å²) in [6, 6.07) is 6.05. The van der Waals surface area contributed by atoms with Gasteiger partial charge in [-0.25, -0.2) is 0 Å². The number of rotatable bonds is 3. The van der Waals surface area contributed by atoms with Crippen molar-refractivity contribution in [1.82, 2.24) is 4.98 Å². The van der Waals surface area contributed by atoms with Crippen LogP contribution >= 0.6 is 23.5 Å². The lowest BCUT2D eigenvalue weighted by molar-refractivity contribution is 1.01. The fourth-order valence-electron chi connectivity index (χ4n) is 2.24. The van der Waals surface area contributed by atoms with Gasteiger partial charge in [-0.2, -0.15) is 23.5 Å². The number of nitrogens with zero attached hydrogens (tertiary/aromatic N) is 1. The first-order chi connectivity index (χ1) is 9.34. The molecule has 1 aliphatic rings. The fraction of sp³-hybridized carbons (Fsp3) is 0.357. The number of nitrogens with two attached hydrogens (primary N) is 1. The highest BCUT2D eigenvalue weighted by Crippen LogP contribution is 2.29. The van der Waals surface area contributed by atoms with Gasteiger partial charge in [-0.3, -0.25) is 4.98 Å². The van der Waals surface area contributed by atoms with E-state index in [0.717, 1.165) is 28.7 Å². The summed E-state index contributed by atoms with van der Waals surface area (Å²) in [7, 11) is 0. The maximum absolute atomic E-state index is 5.99. The van der Waals surface area contributed by atoms with Gasteiger partial charge in [-0.05, 0) is 18.2 Å². The number of hydrogen-bond acceptors (Lipinski definition) is 5. The lowest BCUT2D eigenvalue weighted by Gasteiger charge is -2.22. The van der Waals surface area contributed by atoms with Gasteiger partial charge < -0.3 is 11.1 Å². The molecule has 1 aromatic carbocycles. The van der Waals surface area contributed by atoms with Gasteiger partial charge in [0, 0.05) is 63.6 Å². The van der Waals surface area contributed by atoms with E-state index in [9.17, 15) is 0 Å². The minimum Gasteiger partial charge on any atom is -0.398 e. The molecule has 0 bridgehead atoms. The maximum Gasteiger partial charge on any atom is 0.0422 e. The summed E-state index contributed by atoms with van der Waals surface area (Å²) in [6.07, 6.45) is 3.65. The second kappa shape index (κ2) is 5.92. The van der Waals surface area contributed by atoms with Crippen LogP contribution < -0.4 is 11.1 Å². The quantitative estimate of drug-likeness (QED) is 0.851. The second-order valence-corrected chi connectivity index (χ2v) is 7.13. The summed E-state index contributed by atoms with van der Waals surface area (Å²) in [5, 5.41) is 6.45. The molecule has 0 saturated carbocycles. The van der Waals surface area contributed by atoms with Gasteiger partial charge in [0.05, 0.1) is 0 Å². The van der Waals surface area contributed by atoms with Crippen molar-refractivity contribution in [2.75, 3.05) is 34.9 Å². The largest absolute Gasteiger partial charge is 0.398 e. The van der Waals surface area contributed by atoms with E-state index in [1.165, 1.54) is 17.3 Å². The van der Waals surface area contributed by atoms with Gasteiger partial charge in [0.15, 0.2) is 0 Å². The number of nitrogen functional groups attached to an aromatic ring is 1. The van der Waals surface area contributed by atoms with Crippen molar-refractivity contribution in [3.05, 3.63) is 30.6 Å². The predicted octanol–water partition coefficient (Wildman–Crippen LogP) is 3.08. The van der Waals surface area contributed by atoms with E-state index >= 15 is 0 Å². The van der Waals surface area contributed by atoms with E-state index in [1.54, 1.807) is 0 Å². The molecule has 3 nitrogen and oxygen atoms in total. The Labute approximate surface area is 121 Å². The fourth-order valence-corrected chi connectivity index (χ4v) is 4.86. The van der Waals surface area contributed by atoms with Crippen molar-refractivity contribution in [2.45, 2.75) is 5.25 Å². The normalized spacial score (nSPS) is 19.5. The Morgan fingerprint density at radius 1 is 1.26 bits per heavy atom. The van der Waals surface area contributed by atoms with E-state index in [1.807, 2.05) is 24.5 Å². The number of fused-ring (bicyclic) bond motifs is 1. The van der Waals surface area contributed by atoms with Crippen LogP contribution in [0.5, 0.6) is 0 Å². The Balaban J connectivity index is 1.79. The highest BCUT2D eigenvalue weighted by molar-refractivity contribution is 8.06. The molecule has 1 aromatic heterocycles. The number of aromatic nitrogens is 1. The Morgan fingerprint density at radius 2 is 2.21 bits per heavy atom. The van der Waals surface area contributed by atoms with Crippen LogP contribution in [0.25, 0.3) is 10.8 Å². The molecule has 2 heterocycles. The van der Waals surface area contributed by atoms with Gasteiger partial charge >= 0.3 is 0 Å². The van der Waals surface area contributed by atoms with Crippen LogP contribution in [-0.4, -0.2) is 34.0 Å². The second-order valence-electron chi connectivity index (χ2n) is 4.57. The molecule has 1 atom stereocenters. The smallest absolute Gasteiger partial charge is 0.0422 e. The molecule has 1 aliphatic heterocycles. The van der Waals surface area contributed by atoms with Crippen molar-refractivity contribution < 1.29 is 0 Å². The summed E-state index contributed by atoms with van der Waals surface area (Å²) in [5.41, 5.74) is 7.93. The number of thioether (sulfide) groups is 2. The van der Waals surface area contributed by atoms with Crippen LogP contribution in [0.2, 0.25) is 0 Å². The minimum absolute atomic E-state index is 0.702. The van der Waals surface area contributed by atoms with E-state index in [0.29, 0.717) is 5.25 Å². The number of benzene rings is 1. The number of anilines is 2. The molecule has 1 saturated heterocycles. The number of hydrogen-bond donors (Lipinski definition) is 2. The predicted molar refractivity (Wildman–Crippen MR) is 88.2 cm³/mol. The van der Waals surface area contributed by atoms with Crippen LogP contribution in [0.4, 0.5) is 11.4 Å². The van der Waals surface area contributed by atoms with Crippen LogP contribution in [-0.2, 0) is 0 Å². The average Bonchev–Trinajstić information content (AvgIpc) is 2.48. The monoisotopic (exact) mass is 291 g/mol. The summed E-state index contributed by atoms with van der Waals surface area (Å²) < 4.78 is 0. The van der Waals surface area contributed by atoms with Crippen molar-refractivity contribution in [1.29, 1.82) is 0 Å². The third kappa shape index (κ3) is 2.92. The van der Waals surface area contributed by atoms with Crippen molar-refractivity contribution in [3.8, 4) is 0 Å². The maximum atomic E-state index is 5.99. The molecule has 2 aromatic rings. The summed E-state index contributed by atoms with van der Waals surface area (Å²) in [5.74, 6) is 3.80. The molecule has 19 heavy (non-hydrogen) atoms. The molecule has 0 radical (unpaired) electrons. The van der Waals surface area contributed by atoms with Crippen LogP contribution in [0.3, 0.4) is 0 Å². The Morgan fingerprint density at radius 3 is 3.05 bits per heavy atom. The standard InChI is InChI=1S/C14H17N3S2/c15-13-1-2-14(11-3-4-16-8-12(11)13)17-7-10-9-18-5-6-19-10/h1-4,8,10,17H,5-7,9,15H2. The molecule has 1 unspecified atom stereocenters. The summed E-state index contributed by atoms with van der Waals surface area (Å²) in [4.78, 5) is 4.15. The van der Waals surface area contributed by atoms with E-state index in [-0.39, 0.29) is 0 Å². The Bertz CT molecular complexity index is 568. The van der Waals surface area contributed by atoms with Crippen LogP contribution in [0.15, 0.2) is 30.6 Å². The van der Waals surface area contributed by atoms with Crippen molar-refractivity contribution in [3.63, 3.8) is 0 Å². The van der Waals surface area contributed by atoms with Gasteiger partial charge in [0.2, 0.25) is 0 Å². The minimum atomic E-state index is 0.702. The molecule has 100 valence electrons. The van der Waals surface area contributed by atoms with Crippen molar-refractivity contribution >= 4 is 45.7 Å². The zero-order valence-electron chi connectivity index (χ0n) is 10.6. The molecule has 5 heteroatoms. The molecular formula is C14H17N3S2. The topological polar surface area (TPSA) is 50.9 Å². The zero-order valence-corrected chi connectivity index (χ0v) is 12.3. The average molecular weight is 291 g/mol. The first kappa shape index (κ1) is 12.9. The zero-order chi connectivity index (χ0) is 13.1. The van der Waals surface area contributed by atoms with Crippen LogP contribution in [0.1, 0.15) is 0 Å². The SMILES string of the molecule is Nc1ccc(NCC2CSCCS2)c2ccncc12. The molecule has 3 N–H and O–H groups in total. The van der Waals surface area contributed by atoms with Gasteiger partial charge in [-0.1, -0.05) is 0 Å². The van der Waals surface area contributed by atoms with Gasteiger partial charge in [-0.15, -0.1) is 0 Å². The molecular weight excluding hydrogens is 274 g/mol. The number of pyridine rings is 1. The highest BCUT2D eigenvalue weighted by atomic mass is 32.2. The lowest BCUT2D eigenvalue weighted by Crippen LogP contribution is -2.23. The van der Waals surface area contributed by atoms with Gasteiger partial charge in [0.25, 0.3) is 0 Å². The number of nitrogens with one attached hydrogen (secondary N) is 1. The Kier molecular flexibility index (Phi) is 4.03. The first-order valence-corrected chi connectivity index (χ1v) is 8.60. The van der Waals surface area contributed by atoms with Gasteiger partial charge in [0.1, 0.15) is 0 Å². The molecule has 1 fully saturated rings. The summed E-state index contributed by atoms with van der Waals surface area (Å²) >= 11 is 4.12.